The molecule has 0 spiro atoms. The number of hydrogen-bond acceptors (Lipinski definition) is 5. The van der Waals surface area contributed by atoms with Crippen molar-refractivity contribution in [2.75, 3.05) is 32.5 Å². The van der Waals surface area contributed by atoms with Gasteiger partial charge in [-0.2, -0.15) is 0 Å². The lowest BCUT2D eigenvalue weighted by Gasteiger charge is -2.34. The van der Waals surface area contributed by atoms with Crippen molar-refractivity contribution in [2.24, 2.45) is 0 Å². The molecule has 124 valence electrons. The van der Waals surface area contributed by atoms with E-state index < -0.39 is 27.5 Å². The molecule has 0 saturated carbocycles. The van der Waals surface area contributed by atoms with Crippen LogP contribution in [-0.2, 0) is 14.8 Å². The van der Waals surface area contributed by atoms with E-state index in [-0.39, 0.29) is 18.1 Å². The van der Waals surface area contributed by atoms with E-state index in [4.69, 9.17) is 16.3 Å². The highest BCUT2D eigenvalue weighted by Gasteiger charge is 2.40. The zero-order valence-corrected chi connectivity index (χ0v) is 13.5. The van der Waals surface area contributed by atoms with E-state index in [1.165, 1.54) is 12.1 Å². The molecule has 0 aliphatic carbocycles. The first kappa shape index (κ1) is 17.6. The lowest BCUT2D eigenvalue weighted by Crippen LogP contribution is -2.52. The fraction of sp³-hybridized carbons (Fsp3) is 0.538. The zero-order chi connectivity index (χ0) is 16.4. The quantitative estimate of drug-likeness (QED) is 0.731. The van der Waals surface area contributed by atoms with Crippen LogP contribution in [0.3, 0.4) is 0 Å². The molecule has 0 amide bonds. The average molecular weight is 353 g/mol. The topological polar surface area (TPSA) is 87.7 Å². The van der Waals surface area contributed by atoms with Gasteiger partial charge >= 0.3 is 0 Å². The van der Waals surface area contributed by atoms with Gasteiger partial charge in [-0.15, -0.1) is 0 Å². The third kappa shape index (κ3) is 4.37. The smallest absolute Gasteiger partial charge is 0.208 e. The lowest BCUT2D eigenvalue weighted by molar-refractivity contribution is -0.0909. The van der Waals surface area contributed by atoms with Gasteiger partial charge in [0.25, 0.3) is 0 Å². The van der Waals surface area contributed by atoms with E-state index in [0.717, 1.165) is 6.26 Å². The van der Waals surface area contributed by atoms with Crippen molar-refractivity contribution in [3.05, 3.63) is 34.6 Å². The predicted octanol–water partition coefficient (Wildman–Crippen LogP) is 0.420. The Morgan fingerprint density at radius 2 is 2.32 bits per heavy atom. The van der Waals surface area contributed by atoms with E-state index in [0.29, 0.717) is 18.7 Å². The maximum absolute atomic E-state index is 13.7. The summed E-state index contributed by atoms with van der Waals surface area (Å²) >= 11 is 5.66. The van der Waals surface area contributed by atoms with Gasteiger partial charge in [-0.3, -0.25) is 0 Å². The first-order chi connectivity index (χ1) is 10.2. The number of ether oxygens (including phenoxy) is 1. The summed E-state index contributed by atoms with van der Waals surface area (Å²) < 4.78 is 44.1. The number of aliphatic hydroxyl groups is 1. The van der Waals surface area contributed by atoms with Crippen molar-refractivity contribution >= 4 is 21.6 Å². The molecule has 9 heteroatoms. The second kappa shape index (κ2) is 6.77. The van der Waals surface area contributed by atoms with Crippen LogP contribution < -0.4 is 10.0 Å². The summed E-state index contributed by atoms with van der Waals surface area (Å²) in [5.74, 6) is -0.626. The summed E-state index contributed by atoms with van der Waals surface area (Å²) in [6, 6.07) is 4.11. The zero-order valence-electron chi connectivity index (χ0n) is 12.0. The molecule has 0 unspecified atom stereocenters. The number of β-amino-alcohol motifs (C(OH)–C–C–N with tert-alkyl or cyclic N) is 1. The van der Waals surface area contributed by atoms with E-state index >= 15 is 0 Å². The van der Waals surface area contributed by atoms with Crippen molar-refractivity contribution in [1.29, 1.82) is 0 Å². The molecule has 22 heavy (non-hydrogen) atoms. The van der Waals surface area contributed by atoms with Gasteiger partial charge in [0.2, 0.25) is 10.0 Å². The molecule has 1 saturated heterocycles. The van der Waals surface area contributed by atoms with Gasteiger partial charge in [-0.25, -0.2) is 17.5 Å². The van der Waals surface area contributed by atoms with Crippen LogP contribution in [0.25, 0.3) is 0 Å². The SMILES string of the molecule is CS(=O)(=O)NC[C@]1(O)CNCCO[C@H]1c1ccc(Cl)c(F)c1. The Bertz CT molecular complexity index is 643. The normalized spacial score (nSPS) is 26.6. The minimum atomic E-state index is -3.48. The van der Waals surface area contributed by atoms with Crippen molar-refractivity contribution in [1.82, 2.24) is 10.0 Å². The summed E-state index contributed by atoms with van der Waals surface area (Å²) in [7, 11) is -3.48. The average Bonchev–Trinajstić information content (AvgIpc) is 2.62. The Hall–Kier alpha value is -0.770. The fourth-order valence-corrected chi connectivity index (χ4v) is 2.92. The molecule has 6 nitrogen and oxygen atoms in total. The van der Waals surface area contributed by atoms with Crippen LogP contribution in [0.5, 0.6) is 0 Å². The van der Waals surface area contributed by atoms with Crippen molar-refractivity contribution < 1.29 is 22.7 Å². The third-order valence-corrected chi connectivity index (χ3v) is 4.34. The number of nitrogens with one attached hydrogen (secondary N) is 2. The summed E-state index contributed by atoms with van der Waals surface area (Å²) in [5.41, 5.74) is -1.16. The highest BCUT2D eigenvalue weighted by atomic mass is 35.5. The molecular weight excluding hydrogens is 335 g/mol. The van der Waals surface area contributed by atoms with Gasteiger partial charge in [0.15, 0.2) is 0 Å². The Labute approximate surface area is 133 Å². The van der Waals surface area contributed by atoms with Gasteiger partial charge < -0.3 is 15.2 Å². The Morgan fingerprint density at radius 3 is 2.95 bits per heavy atom. The van der Waals surface area contributed by atoms with Crippen LogP contribution in [0, 0.1) is 5.82 Å². The minimum Gasteiger partial charge on any atom is -0.384 e. The maximum Gasteiger partial charge on any atom is 0.208 e. The molecule has 1 aliphatic rings. The van der Waals surface area contributed by atoms with Crippen LogP contribution in [0.2, 0.25) is 5.02 Å². The lowest BCUT2D eigenvalue weighted by atomic mass is 9.91. The van der Waals surface area contributed by atoms with Gasteiger partial charge in [0, 0.05) is 19.6 Å². The number of halogens is 2. The molecular formula is C13H18ClFN2O4S. The highest BCUT2D eigenvalue weighted by Crippen LogP contribution is 2.32. The van der Waals surface area contributed by atoms with Crippen molar-refractivity contribution in [2.45, 2.75) is 11.7 Å². The van der Waals surface area contributed by atoms with E-state index in [1.807, 2.05) is 0 Å². The van der Waals surface area contributed by atoms with Gasteiger partial charge in [0.05, 0.1) is 17.9 Å². The molecule has 2 atom stereocenters. The number of benzene rings is 1. The third-order valence-electron chi connectivity index (χ3n) is 3.37. The summed E-state index contributed by atoms with van der Waals surface area (Å²) in [5, 5.41) is 13.8. The highest BCUT2D eigenvalue weighted by molar-refractivity contribution is 7.88. The number of hydrogen-bond donors (Lipinski definition) is 3. The first-order valence-corrected chi connectivity index (χ1v) is 8.92. The van der Waals surface area contributed by atoms with Crippen molar-refractivity contribution in [3.63, 3.8) is 0 Å². The Balaban J connectivity index is 2.32. The molecule has 0 aromatic heterocycles. The van der Waals surface area contributed by atoms with E-state index in [9.17, 15) is 17.9 Å². The van der Waals surface area contributed by atoms with Crippen LogP contribution >= 0.6 is 11.6 Å². The molecule has 0 bridgehead atoms. The Morgan fingerprint density at radius 1 is 1.59 bits per heavy atom. The molecule has 1 aromatic carbocycles. The van der Waals surface area contributed by atoms with Crippen LogP contribution in [0.1, 0.15) is 11.7 Å². The second-order valence-electron chi connectivity index (χ2n) is 5.30. The molecule has 1 aromatic rings. The standard InChI is InChI=1S/C13H18ClFN2O4S/c1-22(19,20)17-8-13(18)7-16-4-5-21-12(13)9-2-3-10(14)11(15)6-9/h2-3,6,12,16-18H,4-5,7-8H2,1H3/t12-,13+/m0/s1. The summed E-state index contributed by atoms with van der Waals surface area (Å²) in [4.78, 5) is 0. The predicted molar refractivity (Wildman–Crippen MR) is 80.8 cm³/mol. The molecule has 2 rings (SSSR count). The van der Waals surface area contributed by atoms with Crippen LogP contribution in [-0.4, -0.2) is 51.6 Å². The number of sulfonamides is 1. The molecule has 1 fully saturated rings. The van der Waals surface area contributed by atoms with Crippen LogP contribution in [0.15, 0.2) is 18.2 Å². The van der Waals surface area contributed by atoms with Gasteiger partial charge in [-0.05, 0) is 17.7 Å². The van der Waals surface area contributed by atoms with Crippen LogP contribution in [0.4, 0.5) is 4.39 Å². The molecule has 3 N–H and O–H groups in total. The van der Waals surface area contributed by atoms with Gasteiger partial charge in [-0.1, -0.05) is 17.7 Å². The van der Waals surface area contributed by atoms with E-state index in [1.54, 1.807) is 6.07 Å². The summed E-state index contributed by atoms with van der Waals surface area (Å²) in [6.45, 7) is 0.641. The first-order valence-electron chi connectivity index (χ1n) is 6.65. The molecule has 1 heterocycles. The van der Waals surface area contributed by atoms with E-state index in [2.05, 4.69) is 10.0 Å². The Kier molecular flexibility index (Phi) is 5.41. The molecule has 0 radical (unpaired) electrons. The number of rotatable bonds is 4. The second-order valence-corrected chi connectivity index (χ2v) is 7.54. The molecule has 1 aliphatic heterocycles. The largest absolute Gasteiger partial charge is 0.384 e. The van der Waals surface area contributed by atoms with Crippen molar-refractivity contribution in [3.8, 4) is 0 Å². The minimum absolute atomic E-state index is 0.0340. The maximum atomic E-state index is 13.7. The van der Waals surface area contributed by atoms with Gasteiger partial charge in [0.1, 0.15) is 17.5 Å². The fourth-order valence-electron chi connectivity index (χ4n) is 2.29. The summed E-state index contributed by atoms with van der Waals surface area (Å²) in [6.07, 6.45) is 0.113. The monoisotopic (exact) mass is 352 g/mol.